The van der Waals surface area contributed by atoms with E-state index in [0.29, 0.717) is 62.9 Å². The summed E-state index contributed by atoms with van der Waals surface area (Å²) >= 11 is 0. The molecular weight excluding hydrogens is 326 g/mol. The van der Waals surface area contributed by atoms with Gasteiger partial charge in [0.1, 0.15) is 0 Å². The van der Waals surface area contributed by atoms with E-state index in [9.17, 15) is 9.59 Å². The third kappa shape index (κ3) is 4.21. The highest BCUT2D eigenvalue weighted by Crippen LogP contribution is 2.32. The first-order valence-electron chi connectivity index (χ1n) is 8.35. The van der Waals surface area contributed by atoms with Crippen LogP contribution in [0.5, 0.6) is 11.5 Å². The number of carbonyl (C=O) groups excluding carboxylic acids is 2. The Morgan fingerprint density at radius 1 is 1.12 bits per heavy atom. The van der Waals surface area contributed by atoms with Crippen molar-refractivity contribution in [2.45, 2.75) is 0 Å². The molecule has 1 saturated heterocycles. The number of ether oxygens (including phenoxy) is 3. The van der Waals surface area contributed by atoms with Gasteiger partial charge >= 0.3 is 0 Å². The number of benzene rings is 1. The number of amides is 2. The quantitative estimate of drug-likeness (QED) is 0.725. The van der Waals surface area contributed by atoms with E-state index in [1.54, 1.807) is 35.1 Å². The van der Waals surface area contributed by atoms with E-state index in [0.717, 1.165) is 0 Å². The summed E-state index contributed by atoms with van der Waals surface area (Å²) in [6.45, 7) is 3.83. The molecule has 1 aromatic carbocycles. The minimum atomic E-state index is -0.0522. The fraction of sp³-hybridized carbons (Fsp3) is 0.529. The molecule has 0 radical (unpaired) electrons. The van der Waals surface area contributed by atoms with Gasteiger partial charge in [-0.1, -0.05) is 0 Å². The number of methoxy groups -OCH3 is 1. The van der Waals surface area contributed by atoms with Gasteiger partial charge < -0.3 is 29.3 Å². The van der Waals surface area contributed by atoms with Gasteiger partial charge in [0.2, 0.25) is 12.7 Å². The first kappa shape index (κ1) is 17.5. The second-order valence-electron chi connectivity index (χ2n) is 5.91. The van der Waals surface area contributed by atoms with Crippen molar-refractivity contribution in [3.8, 4) is 11.5 Å². The minimum Gasteiger partial charge on any atom is -0.454 e. The molecule has 0 bridgehead atoms. The fourth-order valence-electron chi connectivity index (χ4n) is 2.85. The Hall–Kier alpha value is -2.32. The molecule has 8 nitrogen and oxygen atoms in total. The number of carbonyl (C=O) groups is 2. The Kier molecular flexibility index (Phi) is 5.72. The summed E-state index contributed by atoms with van der Waals surface area (Å²) in [5.74, 6) is 1.25. The van der Waals surface area contributed by atoms with Gasteiger partial charge in [0.15, 0.2) is 11.5 Å². The molecule has 2 aliphatic rings. The van der Waals surface area contributed by atoms with Gasteiger partial charge in [0, 0.05) is 45.4 Å². The molecule has 2 heterocycles. The van der Waals surface area contributed by atoms with E-state index in [1.165, 1.54) is 0 Å². The molecule has 1 aromatic rings. The number of rotatable bonds is 6. The largest absolute Gasteiger partial charge is 0.454 e. The van der Waals surface area contributed by atoms with Gasteiger partial charge in [-0.2, -0.15) is 0 Å². The lowest BCUT2D eigenvalue weighted by Gasteiger charge is -2.35. The molecule has 1 fully saturated rings. The smallest absolute Gasteiger partial charge is 0.254 e. The number of hydrogen-bond donors (Lipinski definition) is 1. The van der Waals surface area contributed by atoms with Gasteiger partial charge in [-0.05, 0) is 18.2 Å². The highest BCUT2D eigenvalue weighted by atomic mass is 16.7. The molecule has 0 aliphatic carbocycles. The summed E-state index contributed by atoms with van der Waals surface area (Å²) in [7, 11) is 1.62. The van der Waals surface area contributed by atoms with Gasteiger partial charge in [0.25, 0.3) is 5.91 Å². The Morgan fingerprint density at radius 3 is 2.60 bits per heavy atom. The number of fused-ring (bicyclic) bond motifs is 1. The monoisotopic (exact) mass is 349 g/mol. The fourth-order valence-corrected chi connectivity index (χ4v) is 2.85. The van der Waals surface area contributed by atoms with Crippen LogP contribution in [0.2, 0.25) is 0 Å². The molecular formula is C17H23N3O5. The second-order valence-corrected chi connectivity index (χ2v) is 5.91. The molecule has 0 spiro atoms. The Bertz CT molecular complexity index is 629. The summed E-state index contributed by atoms with van der Waals surface area (Å²) < 4.78 is 15.5. The van der Waals surface area contributed by atoms with Crippen LogP contribution < -0.4 is 14.8 Å². The Morgan fingerprint density at radius 2 is 1.84 bits per heavy atom. The van der Waals surface area contributed by atoms with Crippen molar-refractivity contribution < 1.29 is 23.8 Å². The lowest BCUT2D eigenvalue weighted by molar-refractivity contribution is -0.131. The van der Waals surface area contributed by atoms with Crippen molar-refractivity contribution in [1.82, 2.24) is 15.1 Å². The maximum atomic E-state index is 12.6. The zero-order valence-electron chi connectivity index (χ0n) is 14.3. The molecule has 0 aromatic heterocycles. The van der Waals surface area contributed by atoms with Gasteiger partial charge in [-0.25, -0.2) is 0 Å². The summed E-state index contributed by atoms with van der Waals surface area (Å²) in [5.41, 5.74) is 0.574. The van der Waals surface area contributed by atoms with Gasteiger partial charge in [0.05, 0.1) is 13.2 Å². The van der Waals surface area contributed by atoms with Crippen molar-refractivity contribution in [2.75, 3.05) is 59.8 Å². The van der Waals surface area contributed by atoms with E-state index in [1.807, 2.05) is 0 Å². The van der Waals surface area contributed by atoms with Gasteiger partial charge in [-0.3, -0.25) is 9.59 Å². The van der Waals surface area contributed by atoms with Crippen molar-refractivity contribution in [3.05, 3.63) is 23.8 Å². The third-order valence-corrected chi connectivity index (χ3v) is 4.30. The average molecular weight is 349 g/mol. The van der Waals surface area contributed by atoms with E-state index >= 15 is 0 Å². The maximum absolute atomic E-state index is 12.6. The molecule has 3 rings (SSSR count). The topological polar surface area (TPSA) is 80.3 Å². The minimum absolute atomic E-state index is 0.0475. The van der Waals surface area contributed by atoms with Crippen LogP contribution in [-0.2, 0) is 9.53 Å². The molecule has 0 unspecified atom stereocenters. The van der Waals surface area contributed by atoms with E-state index in [-0.39, 0.29) is 18.6 Å². The van der Waals surface area contributed by atoms with Crippen LogP contribution in [0.3, 0.4) is 0 Å². The standard InChI is InChI=1S/C17H23N3O5/c1-23-9-4-18-11-16(21)19-5-7-20(8-6-19)17(22)13-2-3-14-15(10-13)25-12-24-14/h2-3,10,18H,4-9,11-12H2,1H3. The number of hydrogen-bond acceptors (Lipinski definition) is 6. The van der Waals surface area contributed by atoms with E-state index in [2.05, 4.69) is 5.32 Å². The summed E-state index contributed by atoms with van der Waals surface area (Å²) in [5, 5.41) is 3.04. The average Bonchev–Trinajstić information content (AvgIpc) is 3.12. The summed E-state index contributed by atoms with van der Waals surface area (Å²) in [4.78, 5) is 28.3. The van der Waals surface area contributed by atoms with Crippen LogP contribution in [0.4, 0.5) is 0 Å². The molecule has 1 N–H and O–H groups in total. The van der Waals surface area contributed by atoms with Crippen LogP contribution >= 0.6 is 0 Å². The number of nitrogens with zero attached hydrogens (tertiary/aromatic N) is 2. The Balaban J connectivity index is 1.48. The molecule has 2 amide bonds. The van der Waals surface area contributed by atoms with Gasteiger partial charge in [-0.15, -0.1) is 0 Å². The predicted molar refractivity (Wildman–Crippen MR) is 89.8 cm³/mol. The van der Waals surface area contributed by atoms with Crippen LogP contribution in [0.15, 0.2) is 18.2 Å². The molecule has 8 heteroatoms. The second kappa shape index (κ2) is 8.17. The molecule has 25 heavy (non-hydrogen) atoms. The lowest BCUT2D eigenvalue weighted by Crippen LogP contribution is -2.52. The number of piperazine rings is 1. The van der Waals surface area contributed by atoms with Crippen LogP contribution in [0.25, 0.3) is 0 Å². The first-order chi connectivity index (χ1) is 12.2. The highest BCUT2D eigenvalue weighted by molar-refractivity contribution is 5.95. The first-order valence-corrected chi connectivity index (χ1v) is 8.35. The summed E-state index contributed by atoms with van der Waals surface area (Å²) in [6, 6.07) is 5.20. The van der Waals surface area contributed by atoms with Crippen molar-refractivity contribution in [1.29, 1.82) is 0 Å². The maximum Gasteiger partial charge on any atom is 0.254 e. The zero-order valence-corrected chi connectivity index (χ0v) is 14.3. The van der Waals surface area contributed by atoms with Crippen LogP contribution in [0.1, 0.15) is 10.4 Å². The van der Waals surface area contributed by atoms with Crippen LogP contribution in [0, 0.1) is 0 Å². The SMILES string of the molecule is COCCNCC(=O)N1CCN(C(=O)c2ccc3c(c2)OCO3)CC1. The zero-order chi connectivity index (χ0) is 17.6. The normalized spacial score (nSPS) is 16.2. The Labute approximate surface area is 146 Å². The van der Waals surface area contributed by atoms with E-state index < -0.39 is 0 Å². The third-order valence-electron chi connectivity index (χ3n) is 4.30. The molecule has 0 saturated carbocycles. The van der Waals surface area contributed by atoms with E-state index in [4.69, 9.17) is 14.2 Å². The lowest BCUT2D eigenvalue weighted by atomic mass is 10.1. The molecule has 136 valence electrons. The predicted octanol–water partition coefficient (Wildman–Crippen LogP) is -0.0643. The molecule has 0 atom stereocenters. The highest BCUT2D eigenvalue weighted by Gasteiger charge is 2.25. The summed E-state index contributed by atoms with van der Waals surface area (Å²) in [6.07, 6.45) is 0. The van der Waals surface area contributed by atoms with Crippen molar-refractivity contribution >= 4 is 11.8 Å². The van der Waals surface area contributed by atoms with Crippen molar-refractivity contribution in [3.63, 3.8) is 0 Å². The molecule has 2 aliphatic heterocycles. The number of nitrogens with one attached hydrogen (secondary N) is 1. The van der Waals surface area contributed by atoms with Crippen molar-refractivity contribution in [2.24, 2.45) is 0 Å². The van der Waals surface area contributed by atoms with Crippen LogP contribution in [-0.4, -0.2) is 81.4 Å².